The summed E-state index contributed by atoms with van der Waals surface area (Å²) < 4.78 is 4.76. The second-order valence-corrected chi connectivity index (χ2v) is 4.38. The third-order valence-electron chi connectivity index (χ3n) is 2.36. The first kappa shape index (κ1) is 14.0. The van der Waals surface area contributed by atoms with E-state index in [9.17, 15) is 9.90 Å². The van der Waals surface area contributed by atoms with Gasteiger partial charge >= 0.3 is 5.97 Å². The van der Waals surface area contributed by atoms with Crippen LogP contribution in [0.15, 0.2) is 29.2 Å². The fourth-order valence-electron chi connectivity index (χ4n) is 1.38. The van der Waals surface area contributed by atoms with Gasteiger partial charge < -0.3 is 15.6 Å². The Hall–Kier alpha value is -1.04. The van der Waals surface area contributed by atoms with Crippen LogP contribution in [0.5, 0.6) is 0 Å². The number of ether oxygens (including phenoxy) is 1. The maximum absolute atomic E-state index is 11.4. The molecule has 0 aliphatic heterocycles. The number of thioether (sulfide) groups is 1. The summed E-state index contributed by atoms with van der Waals surface area (Å²) in [5, 5.41) is 9.92. The number of nitrogens with two attached hydrogens (primary N) is 1. The van der Waals surface area contributed by atoms with Crippen LogP contribution in [-0.2, 0) is 9.53 Å². The molecule has 0 fully saturated rings. The third-order valence-corrected chi connectivity index (χ3v) is 3.10. The first-order valence-electron chi connectivity index (χ1n) is 5.34. The Labute approximate surface area is 105 Å². The second kappa shape index (κ2) is 6.64. The van der Waals surface area contributed by atoms with Crippen molar-refractivity contribution >= 4 is 17.7 Å². The highest BCUT2D eigenvalue weighted by atomic mass is 32.2. The van der Waals surface area contributed by atoms with Gasteiger partial charge in [-0.15, -0.1) is 11.8 Å². The van der Waals surface area contributed by atoms with Crippen molar-refractivity contribution in [2.75, 3.05) is 12.9 Å². The van der Waals surface area contributed by atoms with Gasteiger partial charge in [0.25, 0.3) is 0 Å². The van der Waals surface area contributed by atoms with Crippen molar-refractivity contribution in [2.24, 2.45) is 5.73 Å². The summed E-state index contributed by atoms with van der Waals surface area (Å²) in [6, 6.07) is 6.22. The Morgan fingerprint density at radius 3 is 2.53 bits per heavy atom. The van der Waals surface area contributed by atoms with E-state index >= 15 is 0 Å². The summed E-state index contributed by atoms with van der Waals surface area (Å²) in [6.45, 7) is 1.95. The van der Waals surface area contributed by atoms with Crippen molar-refractivity contribution in [3.05, 3.63) is 29.8 Å². The maximum atomic E-state index is 11.4. The molecule has 5 heteroatoms. The van der Waals surface area contributed by atoms with E-state index in [1.54, 1.807) is 30.8 Å². The van der Waals surface area contributed by atoms with Crippen LogP contribution in [0.3, 0.4) is 0 Å². The van der Waals surface area contributed by atoms with E-state index < -0.39 is 18.1 Å². The first-order chi connectivity index (χ1) is 8.10. The molecule has 0 aliphatic rings. The smallest absolute Gasteiger partial charge is 0.325 e. The van der Waals surface area contributed by atoms with E-state index in [-0.39, 0.29) is 6.61 Å². The summed E-state index contributed by atoms with van der Waals surface area (Å²) in [6.07, 6.45) is 0.931. The molecule has 0 heterocycles. The fraction of sp³-hybridized carbons (Fsp3) is 0.417. The average molecular weight is 255 g/mol. The summed E-state index contributed by atoms with van der Waals surface area (Å²) >= 11 is 1.61. The summed E-state index contributed by atoms with van der Waals surface area (Å²) in [5.41, 5.74) is 6.23. The first-order valence-corrected chi connectivity index (χ1v) is 6.56. The molecule has 2 atom stereocenters. The number of benzene rings is 1. The van der Waals surface area contributed by atoms with E-state index in [4.69, 9.17) is 10.5 Å². The van der Waals surface area contributed by atoms with Crippen LogP contribution in [0.25, 0.3) is 0 Å². The third kappa shape index (κ3) is 3.73. The fourth-order valence-corrected chi connectivity index (χ4v) is 1.78. The van der Waals surface area contributed by atoms with Gasteiger partial charge in [0.15, 0.2) is 0 Å². The monoisotopic (exact) mass is 255 g/mol. The number of aliphatic hydroxyl groups is 1. The molecule has 3 N–H and O–H groups in total. The molecule has 94 valence electrons. The molecule has 0 unspecified atom stereocenters. The lowest BCUT2D eigenvalue weighted by atomic mass is 10.0. The minimum Gasteiger partial charge on any atom is -0.465 e. The molecule has 0 aliphatic carbocycles. The zero-order valence-electron chi connectivity index (χ0n) is 9.92. The minimum absolute atomic E-state index is 0.255. The summed E-state index contributed by atoms with van der Waals surface area (Å²) in [7, 11) is 0. The molecule has 0 saturated heterocycles. The van der Waals surface area contributed by atoms with Crippen LogP contribution in [0.2, 0.25) is 0 Å². The number of carbonyl (C=O) groups excluding carboxylic acids is 1. The van der Waals surface area contributed by atoms with Gasteiger partial charge in [-0.1, -0.05) is 12.1 Å². The normalized spacial score (nSPS) is 14.1. The standard InChI is InChI=1S/C12H17NO3S/c1-3-16-12(15)10(13)11(14)8-4-6-9(17-2)7-5-8/h4-7,10-11,14H,3,13H2,1-2H3/t10-,11+/m1/s1. The zero-order valence-corrected chi connectivity index (χ0v) is 10.7. The molecule has 0 aromatic heterocycles. The lowest BCUT2D eigenvalue weighted by Gasteiger charge is -2.17. The van der Waals surface area contributed by atoms with Crippen molar-refractivity contribution in [3.8, 4) is 0 Å². The van der Waals surface area contributed by atoms with Gasteiger partial charge in [-0.3, -0.25) is 4.79 Å². The maximum Gasteiger partial charge on any atom is 0.325 e. The quantitative estimate of drug-likeness (QED) is 0.613. The van der Waals surface area contributed by atoms with Crippen LogP contribution in [0.1, 0.15) is 18.6 Å². The molecule has 0 spiro atoms. The van der Waals surface area contributed by atoms with Crippen LogP contribution in [-0.4, -0.2) is 30.0 Å². The Morgan fingerprint density at radius 2 is 2.06 bits per heavy atom. The van der Waals surface area contributed by atoms with Gasteiger partial charge in [-0.2, -0.15) is 0 Å². The molecule has 1 aromatic rings. The number of carbonyl (C=O) groups is 1. The van der Waals surface area contributed by atoms with Gasteiger partial charge in [0.05, 0.1) is 6.61 Å². The zero-order chi connectivity index (χ0) is 12.8. The van der Waals surface area contributed by atoms with Gasteiger partial charge in [0.2, 0.25) is 0 Å². The summed E-state index contributed by atoms with van der Waals surface area (Å²) in [5.74, 6) is -0.589. The van der Waals surface area contributed by atoms with Crippen molar-refractivity contribution in [3.63, 3.8) is 0 Å². The number of esters is 1. The highest BCUT2D eigenvalue weighted by molar-refractivity contribution is 7.98. The molecule has 4 nitrogen and oxygen atoms in total. The van der Waals surface area contributed by atoms with E-state index in [1.165, 1.54) is 0 Å². The minimum atomic E-state index is -1.05. The predicted octanol–water partition coefficient (Wildman–Crippen LogP) is 1.33. The molecular formula is C12H17NO3S. The highest BCUT2D eigenvalue weighted by Crippen LogP contribution is 2.20. The number of hydrogen-bond donors (Lipinski definition) is 2. The van der Waals surface area contributed by atoms with Crippen molar-refractivity contribution in [1.29, 1.82) is 0 Å². The molecule has 0 saturated carbocycles. The molecule has 0 radical (unpaired) electrons. The predicted molar refractivity (Wildman–Crippen MR) is 67.8 cm³/mol. The van der Waals surface area contributed by atoms with Crippen LogP contribution in [0, 0.1) is 0 Å². The van der Waals surface area contributed by atoms with E-state index in [0.29, 0.717) is 5.56 Å². The Morgan fingerprint density at radius 1 is 1.47 bits per heavy atom. The molecule has 1 aromatic carbocycles. The Balaban J connectivity index is 2.73. The van der Waals surface area contributed by atoms with E-state index in [2.05, 4.69) is 0 Å². The molecule has 0 bridgehead atoms. The lowest BCUT2D eigenvalue weighted by molar-refractivity contribution is -0.147. The van der Waals surface area contributed by atoms with Gasteiger partial charge in [-0.25, -0.2) is 0 Å². The molecule has 17 heavy (non-hydrogen) atoms. The highest BCUT2D eigenvalue weighted by Gasteiger charge is 2.25. The average Bonchev–Trinajstić information content (AvgIpc) is 2.37. The Bertz CT molecular complexity index is 367. The largest absolute Gasteiger partial charge is 0.465 e. The topological polar surface area (TPSA) is 72.5 Å². The van der Waals surface area contributed by atoms with Gasteiger partial charge in [-0.05, 0) is 30.9 Å². The Kier molecular flexibility index (Phi) is 5.47. The van der Waals surface area contributed by atoms with E-state index in [0.717, 1.165) is 4.90 Å². The second-order valence-electron chi connectivity index (χ2n) is 3.50. The SMILES string of the molecule is CCOC(=O)[C@H](N)[C@@H](O)c1ccc(SC)cc1. The number of aliphatic hydroxyl groups excluding tert-OH is 1. The van der Waals surface area contributed by atoms with Crippen LogP contribution < -0.4 is 5.73 Å². The van der Waals surface area contributed by atoms with Crippen LogP contribution >= 0.6 is 11.8 Å². The van der Waals surface area contributed by atoms with Crippen molar-refractivity contribution in [1.82, 2.24) is 0 Å². The van der Waals surface area contributed by atoms with Gasteiger partial charge in [0.1, 0.15) is 12.1 Å². The molecule has 1 rings (SSSR count). The van der Waals surface area contributed by atoms with Crippen molar-refractivity contribution in [2.45, 2.75) is 24.0 Å². The number of hydrogen-bond acceptors (Lipinski definition) is 5. The number of rotatable bonds is 5. The molecular weight excluding hydrogens is 238 g/mol. The van der Waals surface area contributed by atoms with E-state index in [1.807, 2.05) is 18.4 Å². The molecule has 0 amide bonds. The van der Waals surface area contributed by atoms with Crippen LogP contribution in [0.4, 0.5) is 0 Å². The summed E-state index contributed by atoms with van der Waals surface area (Å²) in [4.78, 5) is 12.5. The van der Waals surface area contributed by atoms with Crippen molar-refractivity contribution < 1.29 is 14.6 Å². The van der Waals surface area contributed by atoms with Gasteiger partial charge in [0, 0.05) is 4.90 Å². The lowest BCUT2D eigenvalue weighted by Crippen LogP contribution is -2.38.